The van der Waals surface area contributed by atoms with Crippen LogP contribution in [0.5, 0.6) is 0 Å². The quantitative estimate of drug-likeness (QED) is 0.735. The molecule has 0 saturated carbocycles. The van der Waals surface area contributed by atoms with E-state index in [0.717, 1.165) is 18.7 Å². The van der Waals surface area contributed by atoms with Crippen molar-refractivity contribution >= 4 is 0 Å². The highest BCUT2D eigenvalue weighted by molar-refractivity contribution is 5.03. The summed E-state index contributed by atoms with van der Waals surface area (Å²) in [4.78, 5) is 1.54. The Hall–Kier alpha value is -0.940. The monoisotopic (exact) mass is 196 g/mol. The van der Waals surface area contributed by atoms with E-state index in [2.05, 4.69) is 17.1 Å². The summed E-state index contributed by atoms with van der Waals surface area (Å²) in [7, 11) is 1.80. The molecule has 1 aliphatic rings. The average molecular weight is 196 g/mol. The lowest BCUT2D eigenvalue weighted by atomic mass is 9.92. The van der Waals surface area contributed by atoms with E-state index in [-0.39, 0.29) is 12.1 Å². The highest BCUT2D eigenvalue weighted by Crippen LogP contribution is 2.30. The summed E-state index contributed by atoms with van der Waals surface area (Å²) in [6.45, 7) is 2.87. The fourth-order valence-electron chi connectivity index (χ4n) is 1.95. The van der Waals surface area contributed by atoms with E-state index in [1.807, 2.05) is 0 Å². The van der Waals surface area contributed by atoms with E-state index >= 15 is 0 Å². The maximum absolute atomic E-state index is 6.11. The molecule has 3 unspecified atom stereocenters. The number of rotatable bonds is 2. The van der Waals surface area contributed by atoms with Gasteiger partial charge in [0.05, 0.1) is 24.0 Å². The van der Waals surface area contributed by atoms with Crippen molar-refractivity contribution in [2.24, 2.45) is 18.7 Å². The Balaban J connectivity index is 2.11. The molecule has 14 heavy (non-hydrogen) atoms. The van der Waals surface area contributed by atoms with E-state index in [4.69, 9.17) is 10.5 Å². The van der Waals surface area contributed by atoms with Gasteiger partial charge in [-0.1, -0.05) is 0 Å². The smallest absolute Gasteiger partial charge is 0.0997 e. The van der Waals surface area contributed by atoms with Gasteiger partial charge >= 0.3 is 0 Å². The molecule has 2 heterocycles. The number of aryl methyl sites for hydroxylation is 1. The minimum Gasteiger partial charge on any atom is -0.378 e. The van der Waals surface area contributed by atoms with Crippen molar-refractivity contribution in [3.63, 3.8) is 0 Å². The Kier molecular flexibility index (Phi) is 2.52. The second-order valence-corrected chi connectivity index (χ2v) is 3.81. The van der Waals surface area contributed by atoms with Gasteiger partial charge in [0.1, 0.15) is 0 Å². The van der Waals surface area contributed by atoms with Gasteiger partial charge in [-0.15, -0.1) is 0 Å². The first-order valence-electron chi connectivity index (χ1n) is 4.92. The molecule has 2 rings (SSSR count). The number of hydrogen-bond acceptors (Lipinski definition) is 4. The molecule has 1 aliphatic heterocycles. The van der Waals surface area contributed by atoms with Crippen LogP contribution in [0, 0.1) is 5.92 Å². The summed E-state index contributed by atoms with van der Waals surface area (Å²) in [5, 5.41) is 8.23. The third-order valence-corrected chi connectivity index (χ3v) is 2.85. The van der Waals surface area contributed by atoms with E-state index < -0.39 is 0 Å². The molecule has 5 heteroatoms. The Morgan fingerprint density at radius 1 is 1.71 bits per heavy atom. The molecular weight excluding hydrogens is 180 g/mol. The Morgan fingerprint density at radius 3 is 3.00 bits per heavy atom. The van der Waals surface area contributed by atoms with Crippen LogP contribution in [0.4, 0.5) is 0 Å². The van der Waals surface area contributed by atoms with Crippen LogP contribution in [0.1, 0.15) is 25.1 Å². The topological polar surface area (TPSA) is 66.0 Å². The molecule has 1 aromatic rings. The van der Waals surface area contributed by atoms with Gasteiger partial charge in [-0.25, -0.2) is 0 Å². The number of aromatic nitrogens is 3. The summed E-state index contributed by atoms with van der Waals surface area (Å²) in [6, 6.07) is -0.0544. The van der Waals surface area contributed by atoms with Crippen LogP contribution in [0.25, 0.3) is 0 Å². The molecule has 0 radical (unpaired) electrons. The van der Waals surface area contributed by atoms with Crippen molar-refractivity contribution in [3.8, 4) is 0 Å². The Labute approximate surface area is 83.2 Å². The fraction of sp³-hybridized carbons (Fsp3) is 0.778. The van der Waals surface area contributed by atoms with E-state index in [1.165, 1.54) is 4.80 Å². The Morgan fingerprint density at radius 2 is 2.50 bits per heavy atom. The lowest BCUT2D eigenvalue weighted by molar-refractivity contribution is 0.0990. The molecule has 0 aromatic carbocycles. The molecule has 1 saturated heterocycles. The first-order chi connectivity index (χ1) is 6.68. The minimum atomic E-state index is -0.0544. The molecule has 2 N–H and O–H groups in total. The minimum absolute atomic E-state index is 0.0544. The predicted molar refractivity (Wildman–Crippen MR) is 51.5 cm³/mol. The van der Waals surface area contributed by atoms with E-state index in [9.17, 15) is 0 Å². The Bertz CT molecular complexity index is 312. The van der Waals surface area contributed by atoms with Gasteiger partial charge in [-0.3, -0.25) is 0 Å². The van der Waals surface area contributed by atoms with Crippen molar-refractivity contribution < 1.29 is 4.74 Å². The molecule has 1 fully saturated rings. The van der Waals surface area contributed by atoms with Gasteiger partial charge in [-0.2, -0.15) is 15.0 Å². The molecule has 78 valence electrons. The van der Waals surface area contributed by atoms with Gasteiger partial charge in [-0.05, 0) is 13.3 Å². The molecule has 0 amide bonds. The zero-order chi connectivity index (χ0) is 10.1. The standard InChI is InChI=1S/C9H16N4O/c1-6-7(3-4-14-6)9(10)8-5-11-13(2)12-8/h5-7,9H,3-4,10H2,1-2H3. The highest BCUT2D eigenvalue weighted by atomic mass is 16.5. The summed E-state index contributed by atoms with van der Waals surface area (Å²) in [5.41, 5.74) is 6.96. The third kappa shape index (κ3) is 1.65. The molecule has 0 bridgehead atoms. The normalized spacial score (nSPS) is 29.4. The SMILES string of the molecule is CC1OCCC1C(N)c1cnn(C)n1. The number of nitrogens with two attached hydrogens (primary N) is 1. The largest absolute Gasteiger partial charge is 0.378 e. The molecular formula is C9H16N4O. The van der Waals surface area contributed by atoms with Gasteiger partial charge < -0.3 is 10.5 Å². The first-order valence-corrected chi connectivity index (χ1v) is 4.92. The van der Waals surface area contributed by atoms with E-state index in [0.29, 0.717) is 5.92 Å². The predicted octanol–water partition coefficient (Wildman–Crippen LogP) is 0.240. The van der Waals surface area contributed by atoms with Crippen molar-refractivity contribution in [2.75, 3.05) is 6.61 Å². The van der Waals surface area contributed by atoms with Crippen LogP contribution >= 0.6 is 0 Å². The summed E-state index contributed by atoms with van der Waals surface area (Å²) in [6.07, 6.45) is 2.97. The summed E-state index contributed by atoms with van der Waals surface area (Å²) < 4.78 is 5.48. The summed E-state index contributed by atoms with van der Waals surface area (Å²) in [5.74, 6) is 0.367. The molecule has 5 nitrogen and oxygen atoms in total. The number of ether oxygens (including phenoxy) is 1. The molecule has 3 atom stereocenters. The van der Waals surface area contributed by atoms with Crippen LogP contribution in [0.2, 0.25) is 0 Å². The molecule has 0 aliphatic carbocycles. The zero-order valence-electron chi connectivity index (χ0n) is 8.55. The van der Waals surface area contributed by atoms with Crippen molar-refractivity contribution in [1.82, 2.24) is 15.0 Å². The highest BCUT2D eigenvalue weighted by Gasteiger charge is 2.31. The van der Waals surface area contributed by atoms with Gasteiger partial charge in [0.25, 0.3) is 0 Å². The third-order valence-electron chi connectivity index (χ3n) is 2.85. The van der Waals surface area contributed by atoms with Crippen molar-refractivity contribution in [2.45, 2.75) is 25.5 Å². The van der Waals surface area contributed by atoms with Crippen LogP contribution < -0.4 is 5.73 Å². The summed E-state index contributed by atoms with van der Waals surface area (Å²) >= 11 is 0. The zero-order valence-corrected chi connectivity index (χ0v) is 8.55. The molecule has 0 spiro atoms. The average Bonchev–Trinajstić information content (AvgIpc) is 2.73. The van der Waals surface area contributed by atoms with E-state index in [1.54, 1.807) is 13.2 Å². The van der Waals surface area contributed by atoms with Gasteiger partial charge in [0.15, 0.2) is 0 Å². The van der Waals surface area contributed by atoms with Crippen LogP contribution in [0.15, 0.2) is 6.20 Å². The maximum atomic E-state index is 6.11. The van der Waals surface area contributed by atoms with Gasteiger partial charge in [0.2, 0.25) is 0 Å². The van der Waals surface area contributed by atoms with Crippen molar-refractivity contribution in [1.29, 1.82) is 0 Å². The first kappa shape index (κ1) is 9.61. The lowest BCUT2D eigenvalue weighted by Crippen LogP contribution is -2.27. The number of hydrogen-bond donors (Lipinski definition) is 1. The fourth-order valence-corrected chi connectivity index (χ4v) is 1.95. The lowest BCUT2D eigenvalue weighted by Gasteiger charge is -2.19. The van der Waals surface area contributed by atoms with Crippen molar-refractivity contribution in [3.05, 3.63) is 11.9 Å². The van der Waals surface area contributed by atoms with Crippen LogP contribution in [-0.2, 0) is 11.8 Å². The second-order valence-electron chi connectivity index (χ2n) is 3.81. The molecule has 1 aromatic heterocycles. The maximum Gasteiger partial charge on any atom is 0.0997 e. The van der Waals surface area contributed by atoms with Gasteiger partial charge in [0, 0.05) is 19.6 Å². The van der Waals surface area contributed by atoms with Crippen LogP contribution in [0.3, 0.4) is 0 Å². The number of nitrogens with zero attached hydrogens (tertiary/aromatic N) is 3. The van der Waals surface area contributed by atoms with Crippen LogP contribution in [-0.4, -0.2) is 27.7 Å². The second kappa shape index (κ2) is 3.67.